The number of hydrogen-bond acceptors (Lipinski definition) is 4. The van der Waals surface area contributed by atoms with Crippen LogP contribution in [0.15, 0.2) is 54.6 Å². The van der Waals surface area contributed by atoms with Crippen molar-refractivity contribution >= 4 is 12.0 Å². The van der Waals surface area contributed by atoms with Crippen LogP contribution < -0.4 is 9.47 Å². The van der Waals surface area contributed by atoms with Gasteiger partial charge in [0, 0.05) is 38.3 Å². The summed E-state index contributed by atoms with van der Waals surface area (Å²) in [5.41, 5.74) is 1.85. The molecule has 0 bridgehead atoms. The van der Waals surface area contributed by atoms with Gasteiger partial charge in [-0.2, -0.15) is 0 Å². The van der Waals surface area contributed by atoms with Crippen LogP contribution in [0.5, 0.6) is 11.5 Å². The molecule has 5 heteroatoms. The monoisotopic (exact) mass is 380 g/mol. The van der Waals surface area contributed by atoms with E-state index in [1.165, 1.54) is 5.56 Å². The Morgan fingerprint density at radius 3 is 2.46 bits per heavy atom. The quantitative estimate of drug-likeness (QED) is 0.737. The Kier molecular flexibility index (Phi) is 7.09. The molecule has 0 aliphatic carbocycles. The van der Waals surface area contributed by atoms with Gasteiger partial charge in [0.15, 0.2) is 11.5 Å². The molecule has 3 rings (SSSR count). The average Bonchev–Trinajstić information content (AvgIpc) is 2.75. The number of piperazine rings is 1. The first-order valence-electron chi connectivity index (χ1n) is 9.75. The van der Waals surface area contributed by atoms with Crippen molar-refractivity contribution in [2.24, 2.45) is 0 Å². The molecule has 0 unspecified atom stereocenters. The van der Waals surface area contributed by atoms with Crippen molar-refractivity contribution < 1.29 is 14.3 Å². The van der Waals surface area contributed by atoms with E-state index in [1.54, 1.807) is 19.2 Å². The number of methoxy groups -OCH3 is 1. The van der Waals surface area contributed by atoms with Crippen LogP contribution in [0.25, 0.3) is 6.08 Å². The lowest BCUT2D eigenvalue weighted by molar-refractivity contribution is 0.0650. The molecule has 0 atom stereocenters. The van der Waals surface area contributed by atoms with Gasteiger partial charge in [-0.3, -0.25) is 9.69 Å². The summed E-state index contributed by atoms with van der Waals surface area (Å²) in [6.07, 6.45) is 4.33. The fourth-order valence-electron chi connectivity index (χ4n) is 3.29. The lowest BCUT2D eigenvalue weighted by Gasteiger charge is -2.34. The minimum absolute atomic E-state index is 0.0424. The van der Waals surface area contributed by atoms with Gasteiger partial charge in [-0.05, 0) is 30.7 Å². The van der Waals surface area contributed by atoms with Crippen LogP contribution in [0, 0.1) is 0 Å². The molecule has 148 valence electrons. The minimum atomic E-state index is 0.0424. The van der Waals surface area contributed by atoms with Gasteiger partial charge in [-0.25, -0.2) is 0 Å². The standard InChI is InChI=1S/C23H28N2O3/c1-3-28-21-12-11-20(18-22(21)27-2)23(26)25-16-14-24(15-17-25)13-7-10-19-8-5-4-6-9-19/h4-12,18H,3,13-17H2,1-2H3. The van der Waals surface area contributed by atoms with Crippen molar-refractivity contribution in [3.8, 4) is 11.5 Å². The van der Waals surface area contributed by atoms with Gasteiger partial charge in [0.05, 0.1) is 13.7 Å². The van der Waals surface area contributed by atoms with E-state index in [9.17, 15) is 4.79 Å². The van der Waals surface area contributed by atoms with Crippen LogP contribution in [0.1, 0.15) is 22.8 Å². The highest BCUT2D eigenvalue weighted by Gasteiger charge is 2.22. The molecule has 1 heterocycles. The predicted molar refractivity (Wildman–Crippen MR) is 112 cm³/mol. The first-order valence-corrected chi connectivity index (χ1v) is 9.75. The average molecular weight is 380 g/mol. The molecule has 0 saturated carbocycles. The Morgan fingerprint density at radius 1 is 1.04 bits per heavy atom. The van der Waals surface area contributed by atoms with Crippen molar-refractivity contribution in [2.45, 2.75) is 6.92 Å². The highest BCUT2D eigenvalue weighted by atomic mass is 16.5. The Bertz CT molecular complexity index is 797. The van der Waals surface area contributed by atoms with Crippen LogP contribution >= 0.6 is 0 Å². The third-order valence-corrected chi connectivity index (χ3v) is 4.84. The first-order chi connectivity index (χ1) is 13.7. The normalized spacial score (nSPS) is 15.0. The van der Waals surface area contributed by atoms with Crippen LogP contribution in [0.4, 0.5) is 0 Å². The topological polar surface area (TPSA) is 42.0 Å². The fraction of sp³-hybridized carbons (Fsp3) is 0.348. The highest BCUT2D eigenvalue weighted by molar-refractivity contribution is 5.95. The summed E-state index contributed by atoms with van der Waals surface area (Å²) in [5.74, 6) is 1.30. The van der Waals surface area contributed by atoms with E-state index in [1.807, 2.05) is 36.1 Å². The number of benzene rings is 2. The Hall–Kier alpha value is -2.79. The summed E-state index contributed by atoms with van der Waals surface area (Å²) in [5, 5.41) is 0. The van der Waals surface area contributed by atoms with E-state index < -0.39 is 0 Å². The van der Waals surface area contributed by atoms with Gasteiger partial charge < -0.3 is 14.4 Å². The molecule has 0 N–H and O–H groups in total. The van der Waals surface area contributed by atoms with Crippen molar-refractivity contribution in [3.63, 3.8) is 0 Å². The predicted octanol–water partition coefficient (Wildman–Crippen LogP) is 3.57. The molecule has 2 aromatic rings. The minimum Gasteiger partial charge on any atom is -0.493 e. The molecule has 1 aliphatic heterocycles. The van der Waals surface area contributed by atoms with Gasteiger partial charge in [0.25, 0.3) is 5.91 Å². The summed E-state index contributed by atoms with van der Waals surface area (Å²) in [4.78, 5) is 17.1. The SMILES string of the molecule is CCOc1ccc(C(=O)N2CCN(CC=Cc3ccccc3)CC2)cc1OC. The molecule has 1 amide bonds. The molecule has 1 aliphatic rings. The molecule has 2 aromatic carbocycles. The van der Waals surface area contributed by atoms with E-state index >= 15 is 0 Å². The number of hydrogen-bond donors (Lipinski definition) is 0. The lowest BCUT2D eigenvalue weighted by Crippen LogP contribution is -2.48. The second kappa shape index (κ2) is 9.95. The van der Waals surface area contributed by atoms with Gasteiger partial charge in [-0.15, -0.1) is 0 Å². The zero-order valence-corrected chi connectivity index (χ0v) is 16.6. The summed E-state index contributed by atoms with van der Waals surface area (Å²) < 4.78 is 10.9. The molecule has 1 saturated heterocycles. The molecule has 28 heavy (non-hydrogen) atoms. The van der Waals surface area contributed by atoms with Crippen LogP contribution in [0.3, 0.4) is 0 Å². The molecular formula is C23H28N2O3. The second-order valence-corrected chi connectivity index (χ2v) is 6.70. The zero-order chi connectivity index (χ0) is 19.8. The lowest BCUT2D eigenvalue weighted by atomic mass is 10.1. The van der Waals surface area contributed by atoms with E-state index in [2.05, 4.69) is 29.2 Å². The summed E-state index contributed by atoms with van der Waals surface area (Å²) in [6, 6.07) is 15.7. The summed E-state index contributed by atoms with van der Waals surface area (Å²) in [7, 11) is 1.59. The number of ether oxygens (including phenoxy) is 2. The summed E-state index contributed by atoms with van der Waals surface area (Å²) in [6.45, 7) is 6.59. The third-order valence-electron chi connectivity index (χ3n) is 4.84. The highest BCUT2D eigenvalue weighted by Crippen LogP contribution is 2.28. The molecule has 0 radical (unpaired) electrons. The van der Waals surface area contributed by atoms with Gasteiger partial charge in [0.2, 0.25) is 0 Å². The van der Waals surface area contributed by atoms with Crippen molar-refractivity contribution in [1.82, 2.24) is 9.80 Å². The smallest absolute Gasteiger partial charge is 0.254 e. The van der Waals surface area contributed by atoms with Gasteiger partial charge in [0.1, 0.15) is 0 Å². The van der Waals surface area contributed by atoms with Crippen molar-refractivity contribution in [1.29, 1.82) is 0 Å². The Labute approximate surface area is 167 Å². The van der Waals surface area contributed by atoms with Crippen LogP contribution in [0.2, 0.25) is 0 Å². The van der Waals surface area contributed by atoms with E-state index in [0.29, 0.717) is 23.7 Å². The Morgan fingerprint density at radius 2 is 1.79 bits per heavy atom. The maximum atomic E-state index is 12.8. The number of carbonyl (C=O) groups excluding carboxylic acids is 1. The molecule has 5 nitrogen and oxygen atoms in total. The number of carbonyl (C=O) groups is 1. The maximum Gasteiger partial charge on any atom is 0.254 e. The van der Waals surface area contributed by atoms with E-state index in [-0.39, 0.29) is 5.91 Å². The largest absolute Gasteiger partial charge is 0.493 e. The fourth-order valence-corrected chi connectivity index (χ4v) is 3.29. The Balaban J connectivity index is 1.53. The first kappa shape index (κ1) is 20.0. The van der Waals surface area contributed by atoms with Crippen molar-refractivity contribution in [3.05, 3.63) is 65.7 Å². The number of amides is 1. The van der Waals surface area contributed by atoms with Crippen molar-refractivity contribution in [2.75, 3.05) is 46.4 Å². The number of nitrogens with zero attached hydrogens (tertiary/aromatic N) is 2. The molecule has 1 fully saturated rings. The second-order valence-electron chi connectivity index (χ2n) is 6.70. The third kappa shape index (κ3) is 5.14. The zero-order valence-electron chi connectivity index (χ0n) is 16.6. The van der Waals surface area contributed by atoms with E-state index in [4.69, 9.17) is 9.47 Å². The van der Waals surface area contributed by atoms with Gasteiger partial charge in [-0.1, -0.05) is 42.5 Å². The van der Waals surface area contributed by atoms with Crippen LogP contribution in [-0.2, 0) is 0 Å². The molecule has 0 aromatic heterocycles. The number of rotatable bonds is 7. The van der Waals surface area contributed by atoms with Crippen LogP contribution in [-0.4, -0.2) is 62.1 Å². The maximum absolute atomic E-state index is 12.8. The van der Waals surface area contributed by atoms with E-state index in [0.717, 1.165) is 32.7 Å². The van der Waals surface area contributed by atoms with Gasteiger partial charge >= 0.3 is 0 Å². The molecular weight excluding hydrogens is 352 g/mol. The molecule has 0 spiro atoms. The summed E-state index contributed by atoms with van der Waals surface area (Å²) >= 11 is 0.